The molecule has 1 aliphatic rings. The Balaban J connectivity index is 2.21. The van der Waals surface area contributed by atoms with Gasteiger partial charge in [-0.1, -0.05) is 6.08 Å². The first-order valence-corrected chi connectivity index (χ1v) is 3.23. The van der Waals surface area contributed by atoms with Crippen LogP contribution in [0.5, 0.6) is 0 Å². The van der Waals surface area contributed by atoms with E-state index in [0.717, 1.165) is 12.8 Å². The Morgan fingerprint density at radius 3 is 3.00 bits per heavy atom. The molecule has 1 saturated heterocycles. The van der Waals surface area contributed by atoms with E-state index < -0.39 is 0 Å². The van der Waals surface area contributed by atoms with Gasteiger partial charge in [-0.05, 0) is 6.42 Å². The highest BCUT2D eigenvalue weighted by Gasteiger charge is 2.21. The second kappa shape index (κ2) is 2.99. The van der Waals surface area contributed by atoms with Crippen molar-refractivity contribution in [1.82, 2.24) is 0 Å². The van der Waals surface area contributed by atoms with Crippen molar-refractivity contribution in [2.75, 3.05) is 6.61 Å². The van der Waals surface area contributed by atoms with Crippen LogP contribution in [0.25, 0.3) is 0 Å². The van der Waals surface area contributed by atoms with Crippen LogP contribution in [-0.4, -0.2) is 23.9 Å². The van der Waals surface area contributed by atoms with Gasteiger partial charge in [0.2, 0.25) is 0 Å². The van der Waals surface area contributed by atoms with Crippen LogP contribution in [0.4, 0.5) is 0 Å². The molecule has 0 spiro atoms. The minimum Gasteiger partial charge on any atom is -0.391 e. The van der Waals surface area contributed by atoms with Gasteiger partial charge < -0.3 is 9.84 Å². The summed E-state index contributed by atoms with van der Waals surface area (Å²) in [5.74, 6) is 0. The summed E-state index contributed by atoms with van der Waals surface area (Å²) in [6.07, 6.45) is 3.43. The highest BCUT2D eigenvalue weighted by atomic mass is 16.5. The minimum absolute atomic E-state index is 0.220. The van der Waals surface area contributed by atoms with Crippen LogP contribution in [-0.2, 0) is 4.74 Å². The summed E-state index contributed by atoms with van der Waals surface area (Å²) >= 11 is 0. The van der Waals surface area contributed by atoms with Crippen molar-refractivity contribution in [1.29, 1.82) is 0 Å². The molecular formula is C7H12O2. The quantitative estimate of drug-likeness (QED) is 0.555. The second-order valence-corrected chi connectivity index (χ2v) is 2.37. The molecule has 0 amide bonds. The van der Waals surface area contributed by atoms with Crippen LogP contribution in [0.15, 0.2) is 12.7 Å². The lowest BCUT2D eigenvalue weighted by atomic mass is 10.1. The molecule has 9 heavy (non-hydrogen) atoms. The summed E-state index contributed by atoms with van der Waals surface area (Å²) in [5.41, 5.74) is 0. The predicted octanol–water partition coefficient (Wildman–Crippen LogP) is 0.712. The summed E-state index contributed by atoms with van der Waals surface area (Å²) < 4.78 is 5.18. The van der Waals surface area contributed by atoms with Crippen molar-refractivity contribution in [2.24, 2.45) is 0 Å². The van der Waals surface area contributed by atoms with E-state index in [1.54, 1.807) is 0 Å². The van der Waals surface area contributed by atoms with E-state index in [0.29, 0.717) is 6.61 Å². The molecule has 1 aliphatic heterocycles. The van der Waals surface area contributed by atoms with Crippen LogP contribution >= 0.6 is 0 Å². The Morgan fingerprint density at radius 2 is 2.56 bits per heavy atom. The van der Waals surface area contributed by atoms with E-state index in [2.05, 4.69) is 6.58 Å². The number of ether oxygens (including phenoxy) is 1. The van der Waals surface area contributed by atoms with Gasteiger partial charge >= 0.3 is 0 Å². The lowest BCUT2D eigenvalue weighted by molar-refractivity contribution is 0.0902. The summed E-state index contributed by atoms with van der Waals surface area (Å²) in [5, 5.41) is 8.97. The molecular weight excluding hydrogens is 116 g/mol. The third kappa shape index (κ3) is 1.80. The first-order chi connectivity index (χ1) is 4.33. The molecule has 1 rings (SSSR count). The van der Waals surface area contributed by atoms with E-state index in [1.807, 2.05) is 6.08 Å². The van der Waals surface area contributed by atoms with Gasteiger partial charge in [-0.3, -0.25) is 0 Å². The van der Waals surface area contributed by atoms with Crippen LogP contribution in [0, 0.1) is 0 Å². The summed E-state index contributed by atoms with van der Waals surface area (Å²) in [6, 6.07) is 0. The van der Waals surface area contributed by atoms with E-state index in [1.165, 1.54) is 0 Å². The molecule has 0 aromatic heterocycles. The Labute approximate surface area is 55.1 Å². The van der Waals surface area contributed by atoms with Gasteiger partial charge in [-0.15, -0.1) is 6.58 Å². The van der Waals surface area contributed by atoms with E-state index >= 15 is 0 Å². The van der Waals surface area contributed by atoms with Gasteiger partial charge in [-0.2, -0.15) is 0 Å². The number of rotatable bonds is 2. The lowest BCUT2D eigenvalue weighted by Crippen LogP contribution is -2.04. The fourth-order valence-corrected chi connectivity index (χ4v) is 1.04. The third-order valence-corrected chi connectivity index (χ3v) is 1.49. The summed E-state index contributed by atoms with van der Waals surface area (Å²) in [6.45, 7) is 4.09. The smallest absolute Gasteiger partial charge is 0.0798 e. The molecule has 0 unspecified atom stereocenters. The predicted molar refractivity (Wildman–Crippen MR) is 35.2 cm³/mol. The molecule has 0 radical (unpaired) electrons. The zero-order valence-corrected chi connectivity index (χ0v) is 5.42. The fourth-order valence-electron chi connectivity index (χ4n) is 1.04. The molecule has 1 fully saturated rings. The Bertz CT molecular complexity index is 101. The normalized spacial score (nSPS) is 34.8. The number of aliphatic hydroxyl groups excluding tert-OH is 1. The number of hydrogen-bond donors (Lipinski definition) is 1. The molecule has 0 aliphatic carbocycles. The first-order valence-electron chi connectivity index (χ1n) is 3.23. The van der Waals surface area contributed by atoms with E-state index in [9.17, 15) is 0 Å². The molecule has 2 nitrogen and oxygen atoms in total. The molecule has 1 heterocycles. The fraction of sp³-hybridized carbons (Fsp3) is 0.714. The van der Waals surface area contributed by atoms with Crippen LogP contribution in [0.3, 0.4) is 0 Å². The van der Waals surface area contributed by atoms with Crippen molar-refractivity contribution < 1.29 is 9.84 Å². The molecule has 0 bridgehead atoms. The topological polar surface area (TPSA) is 29.5 Å². The maximum absolute atomic E-state index is 8.97. The monoisotopic (exact) mass is 128 g/mol. The van der Waals surface area contributed by atoms with E-state index in [4.69, 9.17) is 9.84 Å². The van der Waals surface area contributed by atoms with Gasteiger partial charge in [0.05, 0.1) is 18.8 Å². The molecule has 2 heteroatoms. The molecule has 0 saturated carbocycles. The zero-order chi connectivity index (χ0) is 6.69. The SMILES string of the molecule is C=CC[C@@H]1C[C@H](O)CO1. The van der Waals surface area contributed by atoms with Crippen LogP contribution in [0.2, 0.25) is 0 Å². The zero-order valence-electron chi connectivity index (χ0n) is 5.42. The standard InChI is InChI=1S/C7H12O2/c1-2-3-7-4-6(8)5-9-7/h2,6-8H,1,3-5H2/t6-,7+/m0/s1. The molecule has 1 N–H and O–H groups in total. The average molecular weight is 128 g/mol. The van der Waals surface area contributed by atoms with Crippen molar-refractivity contribution in [3.05, 3.63) is 12.7 Å². The average Bonchev–Trinajstić information content (AvgIpc) is 2.17. The molecule has 52 valence electrons. The second-order valence-electron chi connectivity index (χ2n) is 2.37. The van der Waals surface area contributed by atoms with E-state index in [-0.39, 0.29) is 12.2 Å². The maximum atomic E-state index is 8.97. The van der Waals surface area contributed by atoms with Gasteiger partial charge in [-0.25, -0.2) is 0 Å². The molecule has 0 aromatic rings. The molecule has 0 aromatic carbocycles. The first kappa shape index (κ1) is 6.78. The van der Waals surface area contributed by atoms with Crippen molar-refractivity contribution in [2.45, 2.75) is 25.0 Å². The van der Waals surface area contributed by atoms with Gasteiger partial charge in [0.25, 0.3) is 0 Å². The molecule has 2 atom stereocenters. The Morgan fingerprint density at radius 1 is 1.78 bits per heavy atom. The van der Waals surface area contributed by atoms with Crippen molar-refractivity contribution >= 4 is 0 Å². The number of hydrogen-bond acceptors (Lipinski definition) is 2. The lowest BCUT2D eigenvalue weighted by Gasteiger charge is -2.02. The summed E-state index contributed by atoms with van der Waals surface area (Å²) in [7, 11) is 0. The minimum atomic E-state index is -0.241. The number of aliphatic hydroxyl groups is 1. The largest absolute Gasteiger partial charge is 0.391 e. The van der Waals surface area contributed by atoms with Crippen molar-refractivity contribution in [3.8, 4) is 0 Å². The van der Waals surface area contributed by atoms with Gasteiger partial charge in [0.1, 0.15) is 0 Å². The Hall–Kier alpha value is -0.340. The maximum Gasteiger partial charge on any atom is 0.0798 e. The highest BCUT2D eigenvalue weighted by molar-refractivity contribution is 4.79. The summed E-state index contributed by atoms with van der Waals surface area (Å²) in [4.78, 5) is 0. The van der Waals surface area contributed by atoms with Gasteiger partial charge in [0.15, 0.2) is 0 Å². The highest BCUT2D eigenvalue weighted by Crippen LogP contribution is 2.15. The van der Waals surface area contributed by atoms with Crippen LogP contribution in [0.1, 0.15) is 12.8 Å². The third-order valence-electron chi connectivity index (χ3n) is 1.49. The van der Waals surface area contributed by atoms with Gasteiger partial charge in [0, 0.05) is 6.42 Å². The van der Waals surface area contributed by atoms with Crippen LogP contribution < -0.4 is 0 Å². The Kier molecular flexibility index (Phi) is 2.25. The van der Waals surface area contributed by atoms with Crippen molar-refractivity contribution in [3.63, 3.8) is 0 Å².